The molecule has 0 aliphatic carbocycles. The molecule has 0 radical (unpaired) electrons. The van der Waals surface area contributed by atoms with Gasteiger partial charge in [-0.3, -0.25) is 0 Å². The normalized spacial score (nSPS) is 9.53. The number of aryl methyl sites for hydroxylation is 1. The van der Waals surface area contributed by atoms with Crippen molar-refractivity contribution in [3.05, 3.63) is 28.8 Å². The highest BCUT2D eigenvalue weighted by Gasteiger charge is 2.05. The lowest BCUT2D eigenvalue weighted by molar-refractivity contribution is 0.772. The molecule has 0 fully saturated rings. The topological polar surface area (TPSA) is 36.7 Å². The summed E-state index contributed by atoms with van der Waals surface area (Å²) in [4.78, 5) is 5.13. The maximum Gasteiger partial charge on any atom is 0.124 e. The van der Waals surface area contributed by atoms with Crippen molar-refractivity contribution >= 4 is 21.6 Å². The molecule has 2 rings (SSSR count). The van der Waals surface area contributed by atoms with E-state index in [4.69, 9.17) is 5.26 Å². The minimum Gasteiger partial charge on any atom is -0.245 e. The van der Waals surface area contributed by atoms with Crippen molar-refractivity contribution < 1.29 is 0 Å². The molecule has 0 saturated carbocycles. The van der Waals surface area contributed by atoms with Crippen LogP contribution in [0.2, 0.25) is 0 Å². The Labute approximate surface area is 107 Å². The van der Waals surface area contributed by atoms with Gasteiger partial charge in [-0.15, -0.1) is 11.3 Å². The van der Waals surface area contributed by atoms with Gasteiger partial charge in [0, 0.05) is 17.0 Å². The fourth-order valence-corrected chi connectivity index (χ4v) is 2.47. The Morgan fingerprint density at radius 3 is 2.59 bits per heavy atom. The van der Waals surface area contributed by atoms with Gasteiger partial charge in [0.2, 0.25) is 0 Å². The van der Waals surface area contributed by atoms with Crippen LogP contribution in [-0.4, -0.2) is 4.98 Å². The molecule has 0 spiro atoms. The lowest BCUT2D eigenvalue weighted by Crippen LogP contribution is -1.78. The van der Waals surface area contributed by atoms with E-state index < -0.39 is 0 Å². The molecule has 2 aromatic heterocycles. The molecular formula is C14H18N2S. The highest BCUT2D eigenvalue weighted by atomic mass is 32.1. The molecule has 0 unspecified atom stereocenters. The van der Waals surface area contributed by atoms with E-state index in [2.05, 4.69) is 24.9 Å². The van der Waals surface area contributed by atoms with Gasteiger partial charge >= 0.3 is 0 Å². The van der Waals surface area contributed by atoms with Crippen molar-refractivity contribution in [2.45, 2.75) is 40.0 Å². The number of rotatable bonds is 2. The van der Waals surface area contributed by atoms with Crippen LogP contribution in [0.4, 0.5) is 0 Å². The van der Waals surface area contributed by atoms with E-state index in [0.717, 1.165) is 21.3 Å². The Hall–Kier alpha value is -1.40. The number of hydrogen-bond acceptors (Lipinski definition) is 3. The van der Waals surface area contributed by atoms with Crippen LogP contribution in [0.15, 0.2) is 17.6 Å². The summed E-state index contributed by atoms with van der Waals surface area (Å²) < 4.78 is 0. The first-order chi connectivity index (χ1) is 8.24. The summed E-state index contributed by atoms with van der Waals surface area (Å²) in [5.41, 5.74) is 1.86. The second kappa shape index (κ2) is 7.03. The standard InChI is InChI=1S/C9H6N2S.C5H12/c1-6-2-3-11-9-8(6)7(4-10)5-12-9;1-3-5-4-2/h2-3,5H,1H3;3-5H2,1-2H3. The van der Waals surface area contributed by atoms with E-state index in [0.29, 0.717) is 0 Å². The van der Waals surface area contributed by atoms with Crippen molar-refractivity contribution in [3.8, 4) is 6.07 Å². The summed E-state index contributed by atoms with van der Waals surface area (Å²) in [5.74, 6) is 0. The van der Waals surface area contributed by atoms with Crippen LogP contribution in [0.5, 0.6) is 0 Å². The van der Waals surface area contributed by atoms with E-state index in [1.54, 1.807) is 6.20 Å². The van der Waals surface area contributed by atoms with E-state index in [1.165, 1.54) is 30.6 Å². The van der Waals surface area contributed by atoms with Gasteiger partial charge in [0.05, 0.1) is 5.56 Å². The van der Waals surface area contributed by atoms with Crippen LogP contribution >= 0.6 is 11.3 Å². The van der Waals surface area contributed by atoms with Crippen molar-refractivity contribution in [3.63, 3.8) is 0 Å². The van der Waals surface area contributed by atoms with E-state index >= 15 is 0 Å². The Bertz CT molecular complexity index is 506. The average molecular weight is 246 g/mol. The summed E-state index contributed by atoms with van der Waals surface area (Å²) in [6.07, 6.45) is 5.85. The lowest BCUT2D eigenvalue weighted by Gasteiger charge is -1.93. The third kappa shape index (κ3) is 3.54. The molecule has 17 heavy (non-hydrogen) atoms. The fourth-order valence-electron chi connectivity index (χ4n) is 1.56. The minimum absolute atomic E-state index is 0.737. The summed E-state index contributed by atoms with van der Waals surface area (Å²) in [7, 11) is 0. The Morgan fingerprint density at radius 2 is 2.06 bits per heavy atom. The molecule has 0 aliphatic rings. The predicted molar refractivity (Wildman–Crippen MR) is 74.3 cm³/mol. The number of nitriles is 1. The van der Waals surface area contributed by atoms with Gasteiger partial charge < -0.3 is 0 Å². The van der Waals surface area contributed by atoms with E-state index in [1.807, 2.05) is 18.4 Å². The number of hydrogen-bond donors (Lipinski definition) is 0. The monoisotopic (exact) mass is 246 g/mol. The number of thiophene rings is 1. The molecule has 0 bridgehead atoms. The molecule has 2 nitrogen and oxygen atoms in total. The van der Waals surface area contributed by atoms with E-state index in [9.17, 15) is 0 Å². The van der Waals surface area contributed by atoms with Crippen LogP contribution in [0.1, 0.15) is 44.2 Å². The van der Waals surface area contributed by atoms with E-state index in [-0.39, 0.29) is 0 Å². The molecule has 0 aliphatic heterocycles. The number of pyridine rings is 1. The van der Waals surface area contributed by atoms with Gasteiger partial charge in [-0.25, -0.2) is 4.98 Å². The van der Waals surface area contributed by atoms with Gasteiger partial charge in [-0.2, -0.15) is 5.26 Å². The maximum atomic E-state index is 8.78. The fraction of sp³-hybridized carbons (Fsp3) is 0.429. The van der Waals surface area contributed by atoms with Gasteiger partial charge in [0.15, 0.2) is 0 Å². The summed E-state index contributed by atoms with van der Waals surface area (Å²) in [6, 6.07) is 4.09. The quantitative estimate of drug-likeness (QED) is 0.772. The van der Waals surface area contributed by atoms with Crippen LogP contribution in [0.25, 0.3) is 10.2 Å². The molecule has 0 N–H and O–H groups in total. The number of nitrogens with zero attached hydrogens (tertiary/aromatic N) is 2. The minimum atomic E-state index is 0.737. The third-order valence-electron chi connectivity index (χ3n) is 2.51. The van der Waals surface area contributed by atoms with Crippen molar-refractivity contribution in [1.29, 1.82) is 5.26 Å². The molecule has 2 heterocycles. The molecule has 0 amide bonds. The zero-order valence-electron chi connectivity index (χ0n) is 10.7. The Morgan fingerprint density at radius 1 is 1.35 bits per heavy atom. The zero-order valence-corrected chi connectivity index (χ0v) is 11.5. The van der Waals surface area contributed by atoms with Gasteiger partial charge in [0.25, 0.3) is 0 Å². The molecule has 0 saturated heterocycles. The van der Waals surface area contributed by atoms with Crippen LogP contribution in [0, 0.1) is 18.3 Å². The summed E-state index contributed by atoms with van der Waals surface area (Å²) in [5, 5.41) is 11.6. The number of unbranched alkanes of at least 4 members (excludes halogenated alkanes) is 2. The predicted octanol–water partition coefficient (Wildman–Crippen LogP) is 4.67. The number of fused-ring (bicyclic) bond motifs is 1. The number of aromatic nitrogens is 1. The van der Waals surface area contributed by atoms with Crippen LogP contribution < -0.4 is 0 Å². The smallest absolute Gasteiger partial charge is 0.124 e. The average Bonchev–Trinajstić information content (AvgIpc) is 2.75. The zero-order chi connectivity index (χ0) is 12.7. The maximum absolute atomic E-state index is 8.78. The van der Waals surface area contributed by atoms with Gasteiger partial charge in [-0.1, -0.05) is 33.1 Å². The molecule has 90 valence electrons. The lowest BCUT2D eigenvalue weighted by atomic mass is 10.1. The second-order valence-electron chi connectivity index (χ2n) is 3.92. The first kappa shape index (κ1) is 13.7. The largest absolute Gasteiger partial charge is 0.245 e. The Kier molecular flexibility index (Phi) is 5.65. The molecule has 2 aromatic rings. The van der Waals surface area contributed by atoms with Crippen LogP contribution in [0.3, 0.4) is 0 Å². The highest BCUT2D eigenvalue weighted by Crippen LogP contribution is 2.25. The molecule has 0 aromatic carbocycles. The first-order valence-electron chi connectivity index (χ1n) is 5.97. The van der Waals surface area contributed by atoms with Gasteiger partial charge in [0.1, 0.15) is 10.9 Å². The Balaban J connectivity index is 0.000000249. The molecular weight excluding hydrogens is 228 g/mol. The SMILES string of the molecule is CCCCC.Cc1ccnc2scc(C#N)c12. The van der Waals surface area contributed by atoms with Crippen molar-refractivity contribution in [2.24, 2.45) is 0 Å². The summed E-state index contributed by atoms with van der Waals surface area (Å²) in [6.45, 7) is 6.42. The first-order valence-corrected chi connectivity index (χ1v) is 6.85. The molecule has 0 atom stereocenters. The summed E-state index contributed by atoms with van der Waals surface area (Å²) >= 11 is 1.52. The van der Waals surface area contributed by atoms with Crippen LogP contribution in [-0.2, 0) is 0 Å². The second-order valence-corrected chi connectivity index (χ2v) is 4.78. The highest BCUT2D eigenvalue weighted by molar-refractivity contribution is 7.17. The molecule has 3 heteroatoms. The van der Waals surface area contributed by atoms with Gasteiger partial charge in [-0.05, 0) is 18.6 Å². The third-order valence-corrected chi connectivity index (χ3v) is 3.40. The van der Waals surface area contributed by atoms with Crippen molar-refractivity contribution in [1.82, 2.24) is 4.98 Å². The van der Waals surface area contributed by atoms with Crippen molar-refractivity contribution in [2.75, 3.05) is 0 Å².